The third-order valence-corrected chi connectivity index (χ3v) is 4.20. The molecule has 6 heteroatoms. The Hall–Kier alpha value is -2.27. The maximum atomic E-state index is 12.3. The van der Waals surface area contributed by atoms with Crippen LogP contribution in [-0.4, -0.2) is 18.0 Å². The van der Waals surface area contributed by atoms with Gasteiger partial charge in [-0.3, -0.25) is 4.79 Å². The lowest BCUT2D eigenvalue weighted by Crippen LogP contribution is -2.35. The number of furan rings is 1. The van der Waals surface area contributed by atoms with Crippen molar-refractivity contribution in [2.45, 2.75) is 40.3 Å². The summed E-state index contributed by atoms with van der Waals surface area (Å²) in [5, 5.41) is 3.28. The molecule has 0 fully saturated rings. The first kappa shape index (κ1) is 18.1. The molecule has 0 aliphatic rings. The predicted molar refractivity (Wildman–Crippen MR) is 91.1 cm³/mol. The molecule has 0 saturated heterocycles. The Labute approximate surface area is 145 Å². The molecule has 1 aromatic carbocycles. The molecule has 0 aliphatic heterocycles. The maximum Gasteiger partial charge on any atom is 0.342 e. The summed E-state index contributed by atoms with van der Waals surface area (Å²) in [4.78, 5) is 24.4. The van der Waals surface area contributed by atoms with Crippen LogP contribution in [0, 0.1) is 20.8 Å². The number of nitrogens with one attached hydrogen (secondary N) is 1. The van der Waals surface area contributed by atoms with Crippen molar-refractivity contribution >= 4 is 23.5 Å². The Morgan fingerprint density at radius 2 is 1.88 bits per heavy atom. The van der Waals surface area contributed by atoms with Crippen molar-refractivity contribution in [3.05, 3.63) is 57.5 Å². The zero-order valence-electron chi connectivity index (χ0n) is 14.1. The van der Waals surface area contributed by atoms with Gasteiger partial charge in [-0.25, -0.2) is 4.79 Å². The van der Waals surface area contributed by atoms with E-state index >= 15 is 0 Å². The van der Waals surface area contributed by atoms with E-state index in [4.69, 9.17) is 20.8 Å². The van der Waals surface area contributed by atoms with Crippen LogP contribution >= 0.6 is 11.6 Å². The molecule has 1 amide bonds. The average molecular weight is 350 g/mol. The third-order valence-electron chi connectivity index (χ3n) is 3.83. The van der Waals surface area contributed by atoms with Crippen LogP contribution in [0.25, 0.3) is 0 Å². The Bertz CT molecular complexity index is 766. The van der Waals surface area contributed by atoms with Crippen LogP contribution in [-0.2, 0) is 16.1 Å². The first-order valence-corrected chi connectivity index (χ1v) is 7.97. The molecule has 1 N–H and O–H groups in total. The van der Waals surface area contributed by atoms with Crippen LogP contribution in [0.2, 0.25) is 5.02 Å². The zero-order valence-corrected chi connectivity index (χ0v) is 14.9. The summed E-state index contributed by atoms with van der Waals surface area (Å²) in [5.74, 6) is 0.190. The highest BCUT2D eigenvalue weighted by Gasteiger charge is 2.24. The van der Waals surface area contributed by atoms with Crippen molar-refractivity contribution in [1.82, 2.24) is 5.32 Å². The van der Waals surface area contributed by atoms with Gasteiger partial charge in [0, 0.05) is 17.1 Å². The predicted octanol–water partition coefficient (Wildman–Crippen LogP) is 3.72. The highest BCUT2D eigenvalue weighted by molar-refractivity contribution is 6.31. The van der Waals surface area contributed by atoms with Gasteiger partial charge >= 0.3 is 5.97 Å². The number of hydrogen-bond acceptors (Lipinski definition) is 4. The Kier molecular flexibility index (Phi) is 5.67. The quantitative estimate of drug-likeness (QED) is 0.835. The van der Waals surface area contributed by atoms with Crippen LogP contribution < -0.4 is 5.32 Å². The van der Waals surface area contributed by atoms with Gasteiger partial charge in [-0.1, -0.05) is 29.8 Å². The van der Waals surface area contributed by atoms with Crippen molar-refractivity contribution in [2.75, 3.05) is 0 Å². The van der Waals surface area contributed by atoms with Gasteiger partial charge in [0.2, 0.25) is 0 Å². The van der Waals surface area contributed by atoms with Gasteiger partial charge in [-0.15, -0.1) is 0 Å². The topological polar surface area (TPSA) is 68.5 Å². The number of rotatable bonds is 5. The fourth-order valence-electron chi connectivity index (χ4n) is 2.33. The van der Waals surface area contributed by atoms with Crippen molar-refractivity contribution in [1.29, 1.82) is 0 Å². The first-order chi connectivity index (χ1) is 11.3. The fourth-order valence-corrected chi connectivity index (χ4v) is 2.54. The number of carbonyl (C=O) groups is 2. The summed E-state index contributed by atoms with van der Waals surface area (Å²) >= 11 is 6.04. The van der Waals surface area contributed by atoms with Gasteiger partial charge in [-0.05, 0) is 39.3 Å². The Morgan fingerprint density at radius 1 is 1.21 bits per heavy atom. The molecule has 1 atom stereocenters. The van der Waals surface area contributed by atoms with Crippen LogP contribution in [0.4, 0.5) is 0 Å². The number of aryl methyl sites for hydroxylation is 2. The number of esters is 1. The molecular weight excluding hydrogens is 330 g/mol. The van der Waals surface area contributed by atoms with E-state index in [1.54, 1.807) is 26.8 Å². The van der Waals surface area contributed by atoms with Crippen LogP contribution in [0.15, 0.2) is 28.7 Å². The number of halogens is 1. The van der Waals surface area contributed by atoms with Crippen molar-refractivity contribution < 1.29 is 18.7 Å². The first-order valence-electron chi connectivity index (χ1n) is 7.60. The molecule has 2 rings (SSSR count). The van der Waals surface area contributed by atoms with E-state index in [0.29, 0.717) is 22.1 Å². The normalized spacial score (nSPS) is 11.9. The molecule has 0 unspecified atom stereocenters. The van der Waals surface area contributed by atoms with Gasteiger partial charge in [0.25, 0.3) is 5.91 Å². The summed E-state index contributed by atoms with van der Waals surface area (Å²) in [6, 6.07) is 7.22. The van der Waals surface area contributed by atoms with E-state index in [2.05, 4.69) is 5.32 Å². The number of ether oxygens (including phenoxy) is 1. The molecule has 0 saturated carbocycles. The van der Waals surface area contributed by atoms with Crippen molar-refractivity contribution in [3.8, 4) is 0 Å². The summed E-state index contributed by atoms with van der Waals surface area (Å²) in [7, 11) is 0. The zero-order chi connectivity index (χ0) is 17.9. The monoisotopic (exact) mass is 349 g/mol. The molecule has 0 bridgehead atoms. The highest BCUT2D eigenvalue weighted by Crippen LogP contribution is 2.22. The highest BCUT2D eigenvalue weighted by atomic mass is 35.5. The summed E-state index contributed by atoms with van der Waals surface area (Å²) < 4.78 is 10.7. The van der Waals surface area contributed by atoms with E-state index in [1.165, 1.54) is 6.92 Å². The molecule has 0 spiro atoms. The van der Waals surface area contributed by atoms with E-state index < -0.39 is 18.0 Å². The largest absolute Gasteiger partial charge is 0.465 e. The molecule has 24 heavy (non-hydrogen) atoms. The molecule has 0 radical (unpaired) electrons. The fraction of sp³-hybridized carbons (Fsp3) is 0.333. The minimum Gasteiger partial charge on any atom is -0.465 e. The van der Waals surface area contributed by atoms with E-state index in [-0.39, 0.29) is 6.54 Å². The van der Waals surface area contributed by atoms with Crippen LogP contribution in [0.1, 0.15) is 39.9 Å². The van der Waals surface area contributed by atoms with Crippen molar-refractivity contribution in [3.63, 3.8) is 0 Å². The van der Waals surface area contributed by atoms with Gasteiger partial charge in [0.15, 0.2) is 6.10 Å². The smallest absolute Gasteiger partial charge is 0.342 e. The Morgan fingerprint density at radius 3 is 2.46 bits per heavy atom. The number of carbonyl (C=O) groups excluding carboxylic acids is 2. The third kappa shape index (κ3) is 3.97. The maximum absolute atomic E-state index is 12.3. The second-order valence-corrected chi connectivity index (χ2v) is 5.98. The SMILES string of the molecule is Cc1oc(C)c(C(=O)O[C@@H](C)C(=O)NCc2ccccc2Cl)c1C. The molecule has 2 aromatic rings. The van der Waals surface area contributed by atoms with Gasteiger partial charge in [0.1, 0.15) is 17.1 Å². The lowest BCUT2D eigenvalue weighted by Gasteiger charge is -2.14. The lowest BCUT2D eigenvalue weighted by molar-refractivity contribution is -0.129. The second kappa shape index (κ2) is 7.53. The van der Waals surface area contributed by atoms with Gasteiger partial charge in [-0.2, -0.15) is 0 Å². The number of amides is 1. The van der Waals surface area contributed by atoms with Crippen LogP contribution in [0.5, 0.6) is 0 Å². The standard InChI is InChI=1S/C18H20ClNO4/c1-10-11(2)23-12(3)16(10)18(22)24-13(4)17(21)20-9-14-7-5-6-8-15(14)19/h5-8,13H,9H2,1-4H3,(H,20,21)/t13-/m0/s1. The Balaban J connectivity index is 1.96. The van der Waals surface area contributed by atoms with Gasteiger partial charge < -0.3 is 14.5 Å². The van der Waals surface area contributed by atoms with Crippen LogP contribution in [0.3, 0.4) is 0 Å². The summed E-state index contributed by atoms with van der Waals surface area (Å²) in [6.45, 7) is 7.04. The second-order valence-electron chi connectivity index (χ2n) is 5.57. The number of benzene rings is 1. The molecule has 5 nitrogen and oxygen atoms in total. The summed E-state index contributed by atoms with van der Waals surface area (Å²) in [6.07, 6.45) is -0.922. The lowest BCUT2D eigenvalue weighted by atomic mass is 10.1. The molecule has 1 aromatic heterocycles. The molecule has 128 valence electrons. The average Bonchev–Trinajstić information content (AvgIpc) is 2.78. The minimum absolute atomic E-state index is 0.267. The molecular formula is C18H20ClNO4. The molecule has 1 heterocycles. The van der Waals surface area contributed by atoms with Gasteiger partial charge in [0.05, 0.1) is 0 Å². The molecule has 0 aliphatic carbocycles. The number of hydrogen-bond donors (Lipinski definition) is 1. The minimum atomic E-state index is -0.922. The van der Waals surface area contributed by atoms with E-state index in [1.807, 2.05) is 18.2 Å². The van der Waals surface area contributed by atoms with E-state index in [9.17, 15) is 9.59 Å². The van der Waals surface area contributed by atoms with Crippen molar-refractivity contribution in [2.24, 2.45) is 0 Å². The summed E-state index contributed by atoms with van der Waals surface area (Å²) in [5.41, 5.74) is 1.89. The van der Waals surface area contributed by atoms with E-state index in [0.717, 1.165) is 11.1 Å².